The van der Waals surface area contributed by atoms with E-state index in [9.17, 15) is 4.79 Å². The van der Waals surface area contributed by atoms with Gasteiger partial charge in [0.1, 0.15) is 5.69 Å². The summed E-state index contributed by atoms with van der Waals surface area (Å²) >= 11 is 0. The van der Waals surface area contributed by atoms with Crippen molar-refractivity contribution < 1.29 is 9.90 Å². The minimum Gasteiger partial charge on any atom is -0.392 e. The van der Waals surface area contributed by atoms with Crippen LogP contribution in [0.1, 0.15) is 18.2 Å². The first-order chi connectivity index (χ1) is 7.22. The zero-order valence-corrected chi connectivity index (χ0v) is 8.45. The third kappa shape index (κ3) is 4.25. The molecule has 4 nitrogen and oxygen atoms in total. The number of aliphatic hydroxyl groups is 1. The van der Waals surface area contributed by atoms with Gasteiger partial charge in [-0.2, -0.15) is 0 Å². The Labute approximate surface area is 88.3 Å². The molecule has 1 rings (SSSR count). The third-order valence-electron chi connectivity index (χ3n) is 1.65. The number of nitrogens with one attached hydrogen (secondary N) is 1. The molecule has 0 saturated carbocycles. The van der Waals surface area contributed by atoms with Crippen LogP contribution in [-0.4, -0.2) is 22.5 Å². The minimum atomic E-state index is -0.104. The summed E-state index contributed by atoms with van der Waals surface area (Å²) in [6, 6.07) is 3.49. The molecule has 0 aromatic carbocycles. The number of hydrogen-bond donors (Lipinski definition) is 2. The van der Waals surface area contributed by atoms with E-state index in [1.165, 1.54) is 6.92 Å². The molecule has 1 aromatic heterocycles. The van der Waals surface area contributed by atoms with Gasteiger partial charge in [0, 0.05) is 13.1 Å². The highest BCUT2D eigenvalue weighted by molar-refractivity contribution is 5.73. The maximum absolute atomic E-state index is 10.5. The van der Waals surface area contributed by atoms with Gasteiger partial charge >= 0.3 is 0 Å². The quantitative estimate of drug-likeness (QED) is 0.670. The van der Waals surface area contributed by atoms with Gasteiger partial charge in [-0.1, -0.05) is 12.0 Å². The van der Waals surface area contributed by atoms with Crippen LogP contribution < -0.4 is 5.32 Å². The molecule has 0 saturated heterocycles. The van der Waals surface area contributed by atoms with E-state index in [0.29, 0.717) is 12.2 Å². The summed E-state index contributed by atoms with van der Waals surface area (Å²) in [5.41, 5.74) is 1.37. The molecular weight excluding hydrogens is 192 g/mol. The number of aliphatic hydroxyl groups excluding tert-OH is 1. The Morgan fingerprint density at radius 1 is 1.60 bits per heavy atom. The van der Waals surface area contributed by atoms with Crippen LogP contribution in [0.25, 0.3) is 0 Å². The lowest BCUT2D eigenvalue weighted by molar-refractivity contribution is -0.118. The normalized spacial score (nSPS) is 8.93. The van der Waals surface area contributed by atoms with Crippen molar-refractivity contribution in [2.24, 2.45) is 0 Å². The van der Waals surface area contributed by atoms with Crippen LogP contribution >= 0.6 is 0 Å². The second-order valence-corrected chi connectivity index (χ2v) is 2.92. The molecule has 4 heteroatoms. The van der Waals surface area contributed by atoms with E-state index in [4.69, 9.17) is 5.11 Å². The highest BCUT2D eigenvalue weighted by Gasteiger charge is 1.90. The van der Waals surface area contributed by atoms with Gasteiger partial charge in [0.15, 0.2) is 0 Å². The highest BCUT2D eigenvalue weighted by Crippen LogP contribution is 1.98. The van der Waals surface area contributed by atoms with Crippen molar-refractivity contribution >= 4 is 5.91 Å². The number of aromatic nitrogens is 1. The standard InChI is InChI=1S/C11H12N2O2/c1-9(15)12-6-2-3-11-5-4-10(8-14)7-13-11/h4-5,7,14H,6,8H2,1H3,(H,12,15). The van der Waals surface area contributed by atoms with Crippen LogP contribution in [0, 0.1) is 11.8 Å². The van der Waals surface area contributed by atoms with Crippen molar-refractivity contribution in [3.05, 3.63) is 29.6 Å². The van der Waals surface area contributed by atoms with Gasteiger partial charge in [-0.3, -0.25) is 4.79 Å². The number of carbonyl (C=O) groups excluding carboxylic acids is 1. The number of nitrogens with zero attached hydrogens (tertiary/aromatic N) is 1. The Morgan fingerprint density at radius 3 is 2.93 bits per heavy atom. The van der Waals surface area contributed by atoms with Crippen LogP contribution in [0.2, 0.25) is 0 Å². The van der Waals surface area contributed by atoms with Crippen molar-refractivity contribution in [2.75, 3.05) is 6.54 Å². The summed E-state index contributed by atoms with van der Waals surface area (Å²) in [7, 11) is 0. The highest BCUT2D eigenvalue weighted by atomic mass is 16.3. The summed E-state index contributed by atoms with van der Waals surface area (Å²) in [6.07, 6.45) is 1.57. The smallest absolute Gasteiger partial charge is 0.217 e. The Balaban J connectivity index is 2.52. The molecule has 2 N–H and O–H groups in total. The van der Waals surface area contributed by atoms with E-state index in [1.54, 1.807) is 18.3 Å². The Morgan fingerprint density at radius 2 is 2.40 bits per heavy atom. The summed E-state index contributed by atoms with van der Waals surface area (Å²) in [6.45, 7) is 1.74. The Kier molecular flexibility index (Phi) is 4.32. The van der Waals surface area contributed by atoms with E-state index in [1.807, 2.05) is 0 Å². The van der Waals surface area contributed by atoms with Crippen LogP contribution in [0.3, 0.4) is 0 Å². The van der Waals surface area contributed by atoms with E-state index in [0.717, 1.165) is 5.56 Å². The molecule has 0 aliphatic heterocycles. The Hall–Kier alpha value is -1.86. The molecule has 0 bridgehead atoms. The fourth-order valence-electron chi connectivity index (χ4n) is 0.895. The van der Waals surface area contributed by atoms with Gasteiger partial charge in [0.25, 0.3) is 0 Å². The topological polar surface area (TPSA) is 62.2 Å². The zero-order valence-electron chi connectivity index (χ0n) is 8.45. The van der Waals surface area contributed by atoms with Crippen LogP contribution in [0.5, 0.6) is 0 Å². The fraction of sp³-hybridized carbons (Fsp3) is 0.273. The zero-order chi connectivity index (χ0) is 11.1. The maximum Gasteiger partial charge on any atom is 0.217 e. The number of amides is 1. The summed E-state index contributed by atoms with van der Waals surface area (Å²) in [4.78, 5) is 14.5. The molecule has 0 aliphatic rings. The van der Waals surface area contributed by atoms with Crippen molar-refractivity contribution in [3.8, 4) is 11.8 Å². The van der Waals surface area contributed by atoms with Gasteiger partial charge < -0.3 is 10.4 Å². The molecule has 0 spiro atoms. The van der Waals surface area contributed by atoms with Crippen LogP contribution in [0.4, 0.5) is 0 Å². The van der Waals surface area contributed by atoms with E-state index < -0.39 is 0 Å². The molecule has 78 valence electrons. The fourth-order valence-corrected chi connectivity index (χ4v) is 0.895. The van der Waals surface area contributed by atoms with Gasteiger partial charge in [-0.25, -0.2) is 4.98 Å². The van der Waals surface area contributed by atoms with Crippen molar-refractivity contribution in [1.29, 1.82) is 0 Å². The molecule has 1 amide bonds. The first-order valence-electron chi connectivity index (χ1n) is 4.51. The Bertz CT molecular complexity index is 387. The van der Waals surface area contributed by atoms with Crippen LogP contribution in [0.15, 0.2) is 18.3 Å². The van der Waals surface area contributed by atoms with Crippen molar-refractivity contribution in [2.45, 2.75) is 13.5 Å². The lowest BCUT2D eigenvalue weighted by atomic mass is 10.2. The van der Waals surface area contributed by atoms with Crippen molar-refractivity contribution in [1.82, 2.24) is 10.3 Å². The third-order valence-corrected chi connectivity index (χ3v) is 1.65. The first kappa shape index (κ1) is 11.2. The van der Waals surface area contributed by atoms with E-state index in [-0.39, 0.29) is 12.5 Å². The number of pyridine rings is 1. The first-order valence-corrected chi connectivity index (χ1v) is 4.51. The lowest BCUT2D eigenvalue weighted by Crippen LogP contribution is -2.19. The molecule has 0 radical (unpaired) electrons. The number of hydrogen-bond acceptors (Lipinski definition) is 3. The predicted octanol–water partition coefficient (Wildman–Crippen LogP) is 0.0615. The molecule has 15 heavy (non-hydrogen) atoms. The second-order valence-electron chi connectivity index (χ2n) is 2.92. The second kappa shape index (κ2) is 5.78. The molecule has 1 heterocycles. The monoisotopic (exact) mass is 204 g/mol. The van der Waals surface area contributed by atoms with E-state index in [2.05, 4.69) is 22.1 Å². The van der Waals surface area contributed by atoms with Crippen LogP contribution in [-0.2, 0) is 11.4 Å². The summed E-state index contributed by atoms with van der Waals surface area (Å²) in [5, 5.41) is 11.3. The lowest BCUT2D eigenvalue weighted by Gasteiger charge is -1.94. The summed E-state index contributed by atoms with van der Waals surface area (Å²) < 4.78 is 0. The number of carbonyl (C=O) groups is 1. The van der Waals surface area contributed by atoms with E-state index >= 15 is 0 Å². The molecule has 0 aliphatic carbocycles. The molecular formula is C11H12N2O2. The SMILES string of the molecule is CC(=O)NCC#Cc1ccc(CO)cn1. The average Bonchev–Trinajstić information content (AvgIpc) is 2.25. The average molecular weight is 204 g/mol. The number of rotatable bonds is 2. The maximum atomic E-state index is 10.5. The molecule has 0 fully saturated rings. The van der Waals surface area contributed by atoms with Gasteiger partial charge in [0.2, 0.25) is 5.91 Å². The van der Waals surface area contributed by atoms with Crippen molar-refractivity contribution in [3.63, 3.8) is 0 Å². The molecule has 1 aromatic rings. The molecule has 0 atom stereocenters. The van der Waals surface area contributed by atoms with Gasteiger partial charge in [-0.15, -0.1) is 0 Å². The largest absolute Gasteiger partial charge is 0.392 e. The minimum absolute atomic E-state index is 0.0212. The van der Waals surface area contributed by atoms with Gasteiger partial charge in [0.05, 0.1) is 13.2 Å². The van der Waals surface area contributed by atoms with Gasteiger partial charge in [-0.05, 0) is 17.6 Å². The predicted molar refractivity (Wildman–Crippen MR) is 55.7 cm³/mol. The summed E-state index contributed by atoms with van der Waals surface area (Å²) in [5.74, 6) is 5.45. The molecule has 0 unspecified atom stereocenters.